The van der Waals surface area contributed by atoms with Crippen molar-refractivity contribution in [2.24, 2.45) is 0 Å². The van der Waals surface area contributed by atoms with Gasteiger partial charge in [0.15, 0.2) is 0 Å². The molecule has 0 aliphatic rings. The van der Waals surface area contributed by atoms with E-state index in [1.165, 1.54) is 11.1 Å². The predicted octanol–water partition coefficient (Wildman–Crippen LogP) is 4.71. The van der Waals surface area contributed by atoms with Crippen molar-refractivity contribution in [3.63, 3.8) is 0 Å². The monoisotopic (exact) mass is 339 g/mol. The minimum absolute atomic E-state index is 0.222. The van der Waals surface area contributed by atoms with Crippen LogP contribution >= 0.6 is 11.3 Å². The summed E-state index contributed by atoms with van der Waals surface area (Å²) in [6, 6.07) is 4.10. The molecule has 0 aliphatic carbocycles. The van der Waals surface area contributed by atoms with Gasteiger partial charge in [-0.1, -0.05) is 26.0 Å². The van der Waals surface area contributed by atoms with Gasteiger partial charge in [-0.15, -0.1) is 11.3 Å². The third-order valence-electron chi connectivity index (χ3n) is 2.17. The Morgan fingerprint density at radius 3 is 2.17 bits per heavy atom. The fraction of sp³-hybridized carbons (Fsp3) is 0.353. The molecule has 23 heavy (non-hydrogen) atoms. The van der Waals surface area contributed by atoms with Gasteiger partial charge >= 0.3 is 11.9 Å². The van der Waals surface area contributed by atoms with E-state index in [1.54, 1.807) is 24.3 Å². The van der Waals surface area contributed by atoms with Crippen molar-refractivity contribution in [3.8, 4) is 0 Å². The molecule has 1 heterocycles. The van der Waals surface area contributed by atoms with E-state index >= 15 is 0 Å². The van der Waals surface area contributed by atoms with Gasteiger partial charge < -0.3 is 15.6 Å². The first-order chi connectivity index (χ1) is 10.9. The van der Waals surface area contributed by atoms with Crippen LogP contribution in [-0.2, 0) is 9.59 Å². The highest BCUT2D eigenvalue weighted by Gasteiger charge is 1.87. The summed E-state index contributed by atoms with van der Waals surface area (Å²) in [5, 5.41) is 24.5. The Kier molecular flexibility index (Phi) is 16.2. The summed E-state index contributed by atoms with van der Waals surface area (Å²) in [4.78, 5) is 20.2. The lowest BCUT2D eigenvalue weighted by atomic mass is 10.2. The molecule has 5 nitrogen and oxygen atoms in total. The van der Waals surface area contributed by atoms with Crippen LogP contribution in [-0.4, -0.2) is 28.4 Å². The lowest BCUT2D eigenvalue weighted by molar-refractivity contribution is -0.137. The first-order valence-electron chi connectivity index (χ1n) is 7.19. The second-order valence-corrected chi connectivity index (χ2v) is 5.30. The van der Waals surface area contributed by atoms with Crippen LogP contribution in [0.5, 0.6) is 0 Å². The Labute approximate surface area is 141 Å². The lowest BCUT2D eigenvalue weighted by Crippen LogP contribution is -1.90. The normalized spacial score (nSPS) is 10.1. The molecule has 0 aliphatic heterocycles. The van der Waals surface area contributed by atoms with E-state index in [4.69, 9.17) is 15.6 Å². The average molecular weight is 339 g/mol. The zero-order valence-corrected chi connectivity index (χ0v) is 14.6. The van der Waals surface area contributed by atoms with Gasteiger partial charge in [0.2, 0.25) is 0 Å². The first-order valence-corrected chi connectivity index (χ1v) is 8.07. The number of nitrogens with one attached hydrogen (secondary N) is 1. The van der Waals surface area contributed by atoms with Crippen LogP contribution in [0, 0.1) is 5.41 Å². The zero-order chi connectivity index (χ0) is 18.1. The molecule has 0 atom stereocenters. The predicted molar refractivity (Wildman–Crippen MR) is 96.4 cm³/mol. The Bertz CT molecular complexity index is 505. The Balaban J connectivity index is 0. The van der Waals surface area contributed by atoms with Gasteiger partial charge in [0, 0.05) is 23.9 Å². The summed E-state index contributed by atoms with van der Waals surface area (Å²) in [5.41, 5.74) is 1.10. The highest BCUT2D eigenvalue weighted by Crippen LogP contribution is 2.11. The molecule has 6 heteroatoms. The molecule has 0 fully saturated rings. The van der Waals surface area contributed by atoms with Gasteiger partial charge in [0.1, 0.15) is 0 Å². The van der Waals surface area contributed by atoms with Crippen molar-refractivity contribution >= 4 is 35.6 Å². The molecule has 0 spiro atoms. The van der Waals surface area contributed by atoms with Gasteiger partial charge in [0.05, 0.1) is 0 Å². The van der Waals surface area contributed by atoms with Crippen molar-refractivity contribution in [1.29, 1.82) is 5.41 Å². The van der Waals surface area contributed by atoms with E-state index in [1.807, 2.05) is 26.0 Å². The molecule has 0 amide bonds. The van der Waals surface area contributed by atoms with Crippen LogP contribution in [0.25, 0.3) is 6.08 Å². The average Bonchev–Trinajstić information content (AvgIpc) is 3.00. The minimum Gasteiger partial charge on any atom is -0.481 e. The zero-order valence-electron chi connectivity index (χ0n) is 13.8. The number of aliphatic carboxylic acids is 2. The maximum Gasteiger partial charge on any atom is 0.303 e. The molecule has 0 unspecified atom stereocenters. The number of rotatable bonds is 6. The van der Waals surface area contributed by atoms with E-state index in [9.17, 15) is 9.59 Å². The quantitative estimate of drug-likeness (QED) is 0.516. The number of hydrogen-bond donors (Lipinski definition) is 3. The largest absolute Gasteiger partial charge is 0.481 e. The van der Waals surface area contributed by atoms with Gasteiger partial charge in [-0.2, -0.15) is 0 Å². The van der Waals surface area contributed by atoms with Gasteiger partial charge in [-0.3, -0.25) is 9.59 Å². The maximum absolute atomic E-state index is 9.60. The number of carboxylic acid groups (broad SMARTS) is 2. The number of thiophene rings is 1. The molecule has 0 aromatic carbocycles. The van der Waals surface area contributed by atoms with Crippen LogP contribution in [0.3, 0.4) is 0 Å². The summed E-state index contributed by atoms with van der Waals surface area (Å²) in [7, 11) is 0. The molecule has 1 rings (SSSR count). The summed E-state index contributed by atoms with van der Waals surface area (Å²) < 4.78 is 0. The van der Waals surface area contributed by atoms with Gasteiger partial charge in [-0.05, 0) is 42.5 Å². The van der Waals surface area contributed by atoms with Gasteiger partial charge in [0.25, 0.3) is 0 Å². The van der Waals surface area contributed by atoms with Crippen molar-refractivity contribution < 1.29 is 19.8 Å². The Hall–Kier alpha value is -2.21. The summed E-state index contributed by atoms with van der Waals surface area (Å²) in [6.45, 7) is 5.42. The second-order valence-electron chi connectivity index (χ2n) is 4.32. The molecular formula is C17H25NO4S. The molecule has 0 saturated heterocycles. The van der Waals surface area contributed by atoms with Crippen LogP contribution in [0.4, 0.5) is 0 Å². The Morgan fingerprint density at radius 2 is 1.87 bits per heavy atom. The van der Waals surface area contributed by atoms with Crippen molar-refractivity contribution in [1.82, 2.24) is 0 Å². The molecule has 0 saturated carbocycles. The van der Waals surface area contributed by atoms with E-state index in [2.05, 4.69) is 17.5 Å². The standard InChI is InChI=1S/C10H11NS.C4H8O2.C3H6O2/c1-9(6-7-11)4-5-10-3-2-8-12-10;1-2-3-4(5)6;1-2-3(4)5/h2-8,11H,1H3;2-3H2,1H3,(H,5,6);2H2,1H3,(H,4,5)/b5-4+,9-6+,11-7?;;. The van der Waals surface area contributed by atoms with E-state index in [0.29, 0.717) is 6.42 Å². The maximum atomic E-state index is 9.60. The SMILES string of the molecule is CC(/C=C/c1cccs1)=C\C=N.CCC(=O)O.CCCC(=O)O. The van der Waals surface area contributed by atoms with Crippen molar-refractivity contribution in [3.05, 3.63) is 40.1 Å². The lowest BCUT2D eigenvalue weighted by Gasteiger charge is -1.86. The van der Waals surface area contributed by atoms with Crippen molar-refractivity contribution in [2.75, 3.05) is 0 Å². The van der Waals surface area contributed by atoms with E-state index < -0.39 is 11.9 Å². The molecule has 128 valence electrons. The number of hydrogen-bond acceptors (Lipinski definition) is 4. The molecular weight excluding hydrogens is 314 g/mol. The summed E-state index contributed by atoms with van der Waals surface area (Å²) in [6.07, 6.45) is 8.38. The molecule has 1 aromatic heterocycles. The fourth-order valence-electron chi connectivity index (χ4n) is 1.00. The first kappa shape index (κ1) is 23.1. The van der Waals surface area contributed by atoms with Crippen molar-refractivity contribution in [2.45, 2.75) is 40.0 Å². The topological polar surface area (TPSA) is 98.5 Å². The highest BCUT2D eigenvalue weighted by molar-refractivity contribution is 7.10. The van der Waals surface area contributed by atoms with E-state index in [0.717, 1.165) is 12.0 Å². The molecule has 3 N–H and O–H groups in total. The number of carbonyl (C=O) groups is 2. The Morgan fingerprint density at radius 1 is 1.26 bits per heavy atom. The van der Waals surface area contributed by atoms with Crippen LogP contribution < -0.4 is 0 Å². The van der Waals surface area contributed by atoms with Crippen LogP contribution in [0.1, 0.15) is 44.9 Å². The highest BCUT2D eigenvalue weighted by atomic mass is 32.1. The van der Waals surface area contributed by atoms with Gasteiger partial charge in [-0.25, -0.2) is 0 Å². The summed E-state index contributed by atoms with van der Waals surface area (Å²) >= 11 is 1.71. The van der Waals surface area contributed by atoms with Crippen LogP contribution in [0.2, 0.25) is 0 Å². The third kappa shape index (κ3) is 19.8. The third-order valence-corrected chi connectivity index (χ3v) is 3.00. The van der Waals surface area contributed by atoms with Crippen LogP contribution in [0.15, 0.2) is 35.2 Å². The number of carboxylic acids is 2. The smallest absolute Gasteiger partial charge is 0.303 e. The minimum atomic E-state index is -0.745. The molecule has 0 radical (unpaired) electrons. The molecule has 1 aromatic rings. The van der Waals surface area contributed by atoms with E-state index in [-0.39, 0.29) is 6.42 Å². The fourth-order valence-corrected chi connectivity index (χ4v) is 1.62. The summed E-state index contributed by atoms with van der Waals surface area (Å²) in [5.74, 6) is -1.46. The molecule has 0 bridgehead atoms. The second kappa shape index (κ2) is 16.2. The number of allylic oxidation sites excluding steroid dienone is 3.